The Morgan fingerprint density at radius 2 is 2.27 bits per heavy atom. The molecule has 6 nitrogen and oxygen atoms in total. The summed E-state index contributed by atoms with van der Waals surface area (Å²) in [5.41, 5.74) is 0. The van der Waals surface area contributed by atoms with Gasteiger partial charge in [-0.2, -0.15) is 5.10 Å². The minimum Gasteiger partial charge on any atom is -0.337 e. The average Bonchev–Trinajstić information content (AvgIpc) is 3.05. The van der Waals surface area contributed by atoms with Gasteiger partial charge in [-0.1, -0.05) is 6.92 Å². The average molecular weight is 329 g/mol. The van der Waals surface area contributed by atoms with Crippen molar-refractivity contribution in [3.63, 3.8) is 0 Å². The molecule has 0 aliphatic carbocycles. The second-order valence-electron chi connectivity index (χ2n) is 4.86. The largest absolute Gasteiger partial charge is 0.337 e. The van der Waals surface area contributed by atoms with Crippen LogP contribution in [-0.2, 0) is 6.54 Å². The third kappa shape index (κ3) is 4.76. The summed E-state index contributed by atoms with van der Waals surface area (Å²) in [6, 6.07) is 1.04. The molecule has 0 radical (unpaired) electrons. The maximum absolute atomic E-state index is 12.2. The Bertz CT molecular complexity index is 627. The van der Waals surface area contributed by atoms with Gasteiger partial charge in [-0.15, -0.1) is 11.3 Å². The van der Waals surface area contributed by atoms with Crippen molar-refractivity contribution in [2.24, 2.45) is 0 Å². The normalized spacial score (nSPS) is 12.4. The van der Waals surface area contributed by atoms with Crippen LogP contribution in [0.4, 0.5) is 19.4 Å². The lowest BCUT2D eigenvalue weighted by Crippen LogP contribution is -2.32. The maximum Gasteiger partial charge on any atom is 0.320 e. The van der Waals surface area contributed by atoms with Crippen LogP contribution in [0.15, 0.2) is 18.5 Å². The summed E-state index contributed by atoms with van der Waals surface area (Å²) < 4.78 is 25.5. The molecule has 120 valence electrons. The Balaban J connectivity index is 1.79. The first kappa shape index (κ1) is 16.3. The number of carbonyl (C=O) groups is 1. The predicted molar refractivity (Wildman–Crippen MR) is 80.5 cm³/mol. The van der Waals surface area contributed by atoms with Crippen LogP contribution in [0.5, 0.6) is 0 Å². The minimum atomic E-state index is -2.48. The van der Waals surface area contributed by atoms with Gasteiger partial charge in [0, 0.05) is 35.8 Å². The lowest BCUT2D eigenvalue weighted by atomic mass is 10.2. The van der Waals surface area contributed by atoms with Gasteiger partial charge in [0.2, 0.25) is 0 Å². The maximum atomic E-state index is 12.2. The fourth-order valence-corrected chi connectivity index (χ4v) is 2.59. The zero-order chi connectivity index (χ0) is 16.1. The fraction of sp³-hybridized carbons (Fsp3) is 0.462. The molecule has 0 aliphatic rings. The molecule has 0 saturated heterocycles. The summed E-state index contributed by atoms with van der Waals surface area (Å²) >= 11 is 1.59. The van der Waals surface area contributed by atoms with Gasteiger partial charge in [-0.05, 0) is 6.92 Å². The Hall–Kier alpha value is -2.03. The van der Waals surface area contributed by atoms with Crippen LogP contribution < -0.4 is 10.6 Å². The predicted octanol–water partition coefficient (Wildman–Crippen LogP) is 2.84. The number of anilines is 1. The molecule has 2 N–H and O–H groups in total. The van der Waals surface area contributed by atoms with Crippen LogP contribution in [0.2, 0.25) is 0 Å². The van der Waals surface area contributed by atoms with Crippen LogP contribution >= 0.6 is 11.3 Å². The number of alkyl halides is 2. The molecule has 22 heavy (non-hydrogen) atoms. The molecule has 0 saturated carbocycles. The second-order valence-corrected chi connectivity index (χ2v) is 6.13. The van der Waals surface area contributed by atoms with Crippen LogP contribution in [0.25, 0.3) is 0 Å². The lowest BCUT2D eigenvalue weighted by Gasteiger charge is -2.10. The topological polar surface area (TPSA) is 71.8 Å². The van der Waals surface area contributed by atoms with Crippen LogP contribution in [0.3, 0.4) is 0 Å². The Labute approximate surface area is 130 Å². The minimum absolute atomic E-state index is 0.0980. The summed E-state index contributed by atoms with van der Waals surface area (Å²) in [5, 5.41) is 10.0. The van der Waals surface area contributed by atoms with Gasteiger partial charge in [-0.25, -0.2) is 18.6 Å². The zero-order valence-electron chi connectivity index (χ0n) is 12.2. The molecule has 0 fully saturated rings. The van der Waals surface area contributed by atoms with E-state index >= 15 is 0 Å². The number of thiazole rings is 1. The molecule has 0 aliphatic heterocycles. The Morgan fingerprint density at radius 1 is 1.50 bits per heavy atom. The molecule has 9 heteroatoms. The van der Waals surface area contributed by atoms with Crippen molar-refractivity contribution in [2.75, 3.05) is 11.9 Å². The third-order valence-corrected chi connectivity index (χ3v) is 3.98. The molecule has 0 aromatic carbocycles. The van der Waals surface area contributed by atoms with Crippen molar-refractivity contribution in [1.82, 2.24) is 20.1 Å². The molecular weight excluding hydrogens is 312 g/mol. The number of hydrogen-bond acceptors (Lipinski definition) is 4. The van der Waals surface area contributed by atoms with E-state index in [-0.39, 0.29) is 11.7 Å². The number of rotatable bonds is 6. The SMILES string of the molecule is Cc1cnc([C@H](C)CNC(=O)Nc2ccn(CC(F)F)n2)s1. The summed E-state index contributed by atoms with van der Waals surface area (Å²) in [5.74, 6) is 0.330. The van der Waals surface area contributed by atoms with Crippen molar-refractivity contribution in [1.29, 1.82) is 0 Å². The standard InChI is InChI=1S/C13H17F2N5OS/c1-8(12-16-6-9(2)22-12)5-17-13(21)18-11-3-4-20(19-11)7-10(14)15/h3-4,6,8,10H,5,7H2,1-2H3,(H2,17,18,19,21)/t8-/m1/s1. The van der Waals surface area contributed by atoms with E-state index in [4.69, 9.17) is 0 Å². The third-order valence-electron chi connectivity index (χ3n) is 2.84. The van der Waals surface area contributed by atoms with Crippen molar-refractivity contribution < 1.29 is 13.6 Å². The summed E-state index contributed by atoms with van der Waals surface area (Å²) in [6.45, 7) is 3.87. The van der Waals surface area contributed by atoms with E-state index in [0.717, 1.165) is 14.6 Å². The zero-order valence-corrected chi connectivity index (χ0v) is 13.0. The number of carbonyl (C=O) groups excluding carboxylic acids is 1. The number of amides is 2. The highest BCUT2D eigenvalue weighted by molar-refractivity contribution is 7.11. The Morgan fingerprint density at radius 3 is 2.91 bits per heavy atom. The van der Waals surface area contributed by atoms with Gasteiger partial charge in [0.05, 0.1) is 5.01 Å². The number of hydrogen-bond donors (Lipinski definition) is 2. The van der Waals surface area contributed by atoms with Gasteiger partial charge >= 0.3 is 6.03 Å². The van der Waals surface area contributed by atoms with Crippen molar-refractivity contribution in [3.05, 3.63) is 28.3 Å². The highest BCUT2D eigenvalue weighted by Gasteiger charge is 2.12. The van der Waals surface area contributed by atoms with Gasteiger partial charge in [0.25, 0.3) is 6.43 Å². The van der Waals surface area contributed by atoms with Crippen LogP contribution in [-0.4, -0.2) is 33.8 Å². The molecule has 2 aromatic rings. The fourth-order valence-electron chi connectivity index (χ4n) is 1.77. The van der Waals surface area contributed by atoms with Crippen molar-refractivity contribution in [3.8, 4) is 0 Å². The van der Waals surface area contributed by atoms with Crippen molar-refractivity contribution in [2.45, 2.75) is 32.7 Å². The molecule has 2 heterocycles. The first-order valence-corrected chi connectivity index (χ1v) is 7.54. The van der Waals surface area contributed by atoms with Crippen LogP contribution in [0.1, 0.15) is 22.7 Å². The van der Waals surface area contributed by atoms with E-state index in [2.05, 4.69) is 20.7 Å². The van der Waals surface area contributed by atoms with E-state index in [1.807, 2.05) is 13.8 Å². The smallest absolute Gasteiger partial charge is 0.320 e. The van der Waals surface area contributed by atoms with Gasteiger partial charge < -0.3 is 5.32 Å². The highest BCUT2D eigenvalue weighted by atomic mass is 32.1. The molecular formula is C13H17F2N5OS. The van der Waals surface area contributed by atoms with E-state index in [9.17, 15) is 13.6 Å². The van der Waals surface area contributed by atoms with E-state index in [1.54, 1.807) is 17.5 Å². The molecule has 2 aromatic heterocycles. The lowest BCUT2D eigenvalue weighted by molar-refractivity contribution is 0.122. The molecule has 2 amide bonds. The molecule has 2 rings (SSSR count). The highest BCUT2D eigenvalue weighted by Crippen LogP contribution is 2.20. The first-order chi connectivity index (χ1) is 10.4. The number of nitrogens with zero attached hydrogens (tertiary/aromatic N) is 3. The number of urea groups is 1. The summed E-state index contributed by atoms with van der Waals surface area (Å²) in [4.78, 5) is 17.1. The molecule has 1 atom stereocenters. The molecule has 0 unspecified atom stereocenters. The summed E-state index contributed by atoms with van der Waals surface area (Å²) in [7, 11) is 0. The number of halogens is 2. The monoisotopic (exact) mass is 329 g/mol. The number of aromatic nitrogens is 3. The molecule has 0 spiro atoms. The first-order valence-electron chi connectivity index (χ1n) is 6.73. The van der Waals surface area contributed by atoms with Gasteiger partial charge in [-0.3, -0.25) is 10.00 Å². The molecule has 0 bridgehead atoms. The quantitative estimate of drug-likeness (QED) is 0.856. The van der Waals surface area contributed by atoms with E-state index in [1.165, 1.54) is 12.3 Å². The van der Waals surface area contributed by atoms with Crippen LogP contribution in [0, 0.1) is 6.92 Å². The number of nitrogens with one attached hydrogen (secondary N) is 2. The van der Waals surface area contributed by atoms with Gasteiger partial charge in [0.1, 0.15) is 6.54 Å². The Kier molecular flexibility index (Phi) is 5.42. The second kappa shape index (κ2) is 7.30. The number of aryl methyl sites for hydroxylation is 1. The van der Waals surface area contributed by atoms with Crippen molar-refractivity contribution >= 4 is 23.2 Å². The van der Waals surface area contributed by atoms with E-state index < -0.39 is 19.0 Å². The summed E-state index contributed by atoms with van der Waals surface area (Å²) in [6.07, 6.45) is 0.707. The van der Waals surface area contributed by atoms with E-state index in [0.29, 0.717) is 6.54 Å². The van der Waals surface area contributed by atoms with Gasteiger partial charge in [0.15, 0.2) is 5.82 Å².